The third-order valence-corrected chi connectivity index (χ3v) is 2.07. The molecular formula is C10H15N5O2. The molecule has 1 heterocycles. The van der Waals surface area contributed by atoms with E-state index in [1.807, 2.05) is 0 Å². The summed E-state index contributed by atoms with van der Waals surface area (Å²) < 4.78 is 5.05. The molecule has 0 aromatic carbocycles. The number of carbonyl (C=O) groups is 1. The van der Waals surface area contributed by atoms with Gasteiger partial charge in [0.1, 0.15) is 5.69 Å². The van der Waals surface area contributed by atoms with Gasteiger partial charge < -0.3 is 20.8 Å². The molecule has 0 bridgehead atoms. The molecule has 0 aliphatic heterocycles. The number of methoxy groups -OCH3 is 1. The van der Waals surface area contributed by atoms with E-state index in [1.54, 1.807) is 19.2 Å². The summed E-state index contributed by atoms with van der Waals surface area (Å²) in [7, 11) is 3.10. The number of ether oxygens (including phenoxy) is 1. The van der Waals surface area contributed by atoms with E-state index in [-0.39, 0.29) is 5.88 Å². The summed E-state index contributed by atoms with van der Waals surface area (Å²) in [6.07, 6.45) is 1.89. The Balaban J connectivity index is 3.16. The van der Waals surface area contributed by atoms with Crippen LogP contribution in [0.15, 0.2) is 18.3 Å². The van der Waals surface area contributed by atoms with E-state index >= 15 is 0 Å². The van der Waals surface area contributed by atoms with Gasteiger partial charge in [-0.1, -0.05) is 0 Å². The maximum absolute atomic E-state index is 10.4. The maximum atomic E-state index is 10.4. The number of pyridine rings is 1. The molecule has 0 atom stereocenters. The highest BCUT2D eigenvalue weighted by Gasteiger charge is 2.10. The lowest BCUT2D eigenvalue weighted by molar-refractivity contribution is -0.105. The van der Waals surface area contributed by atoms with Gasteiger partial charge in [0, 0.05) is 13.2 Å². The first kappa shape index (κ1) is 12.8. The fraction of sp³-hybridized carbons (Fsp3) is 0.200. The summed E-state index contributed by atoms with van der Waals surface area (Å²) in [6, 6.07) is 3.33. The summed E-state index contributed by atoms with van der Waals surface area (Å²) >= 11 is 0. The summed E-state index contributed by atoms with van der Waals surface area (Å²) in [4.78, 5) is 14.6. The third kappa shape index (κ3) is 2.85. The molecule has 1 aromatic rings. The highest BCUT2D eigenvalue weighted by atomic mass is 16.5. The molecule has 1 aromatic heterocycles. The van der Waals surface area contributed by atoms with Gasteiger partial charge in [-0.2, -0.15) is 0 Å². The zero-order chi connectivity index (χ0) is 12.8. The molecule has 1 amide bonds. The second-order valence-electron chi connectivity index (χ2n) is 3.18. The van der Waals surface area contributed by atoms with Gasteiger partial charge in [-0.25, -0.2) is 10.8 Å². The lowest BCUT2D eigenvalue weighted by Gasteiger charge is -2.16. The molecule has 0 saturated carbocycles. The van der Waals surface area contributed by atoms with Crippen molar-refractivity contribution in [1.29, 1.82) is 0 Å². The van der Waals surface area contributed by atoms with E-state index in [2.05, 4.69) is 10.3 Å². The van der Waals surface area contributed by atoms with Crippen molar-refractivity contribution in [1.82, 2.24) is 9.99 Å². The van der Waals surface area contributed by atoms with Gasteiger partial charge in [0.05, 0.1) is 18.5 Å². The van der Waals surface area contributed by atoms with Crippen LogP contribution in [0.3, 0.4) is 0 Å². The normalized spacial score (nSPS) is 10.9. The molecule has 7 heteroatoms. The molecule has 7 nitrogen and oxygen atoms in total. The Kier molecular flexibility index (Phi) is 4.29. The van der Waals surface area contributed by atoms with Gasteiger partial charge >= 0.3 is 0 Å². The van der Waals surface area contributed by atoms with Gasteiger partial charge in [0.25, 0.3) is 0 Å². The second-order valence-corrected chi connectivity index (χ2v) is 3.18. The van der Waals surface area contributed by atoms with Gasteiger partial charge in [-0.15, -0.1) is 0 Å². The molecule has 0 unspecified atom stereocenters. The Morgan fingerprint density at radius 1 is 1.59 bits per heavy atom. The summed E-state index contributed by atoms with van der Waals surface area (Å²) in [6.45, 7) is 0. The van der Waals surface area contributed by atoms with Gasteiger partial charge in [-0.3, -0.25) is 4.79 Å². The Morgan fingerprint density at radius 2 is 2.29 bits per heavy atom. The van der Waals surface area contributed by atoms with E-state index in [0.717, 1.165) is 0 Å². The van der Waals surface area contributed by atoms with Crippen molar-refractivity contribution in [2.45, 2.75) is 0 Å². The molecule has 0 radical (unpaired) electrons. The van der Waals surface area contributed by atoms with Gasteiger partial charge in [-0.05, 0) is 12.1 Å². The summed E-state index contributed by atoms with van der Waals surface area (Å²) in [5, 5.41) is 3.82. The molecule has 0 spiro atoms. The lowest BCUT2D eigenvalue weighted by atomic mass is 10.2. The average Bonchev–Trinajstić information content (AvgIpc) is 2.31. The largest absolute Gasteiger partial charge is 0.479 e. The van der Waals surface area contributed by atoms with Crippen molar-refractivity contribution in [2.24, 2.45) is 11.6 Å². The van der Waals surface area contributed by atoms with Crippen molar-refractivity contribution in [2.75, 3.05) is 19.5 Å². The molecule has 5 N–H and O–H groups in total. The molecule has 1 rings (SSSR count). The number of rotatable bonds is 5. The zero-order valence-corrected chi connectivity index (χ0v) is 9.68. The third-order valence-electron chi connectivity index (χ3n) is 2.07. The van der Waals surface area contributed by atoms with Crippen molar-refractivity contribution >= 4 is 17.8 Å². The van der Waals surface area contributed by atoms with Crippen LogP contribution in [0.4, 0.5) is 5.69 Å². The highest BCUT2D eigenvalue weighted by molar-refractivity contribution is 5.75. The van der Waals surface area contributed by atoms with Gasteiger partial charge in [0.2, 0.25) is 12.3 Å². The molecule has 0 aliphatic rings. The van der Waals surface area contributed by atoms with Gasteiger partial charge in [0.15, 0.2) is 0 Å². The van der Waals surface area contributed by atoms with Crippen LogP contribution in [0.2, 0.25) is 0 Å². The number of hydrazine groups is 1. The molecule has 17 heavy (non-hydrogen) atoms. The predicted octanol–water partition coefficient (Wildman–Crippen LogP) is -0.279. The van der Waals surface area contributed by atoms with Crippen molar-refractivity contribution < 1.29 is 9.53 Å². The first-order valence-electron chi connectivity index (χ1n) is 4.80. The summed E-state index contributed by atoms with van der Waals surface area (Å²) in [5.74, 6) is 5.89. The Bertz CT molecular complexity index is 431. The molecule has 0 fully saturated rings. The smallest absolute Gasteiger partial charge is 0.238 e. The quantitative estimate of drug-likeness (QED) is 0.369. The van der Waals surface area contributed by atoms with Crippen LogP contribution in [0, 0.1) is 0 Å². The van der Waals surface area contributed by atoms with Crippen LogP contribution in [-0.2, 0) is 4.79 Å². The zero-order valence-electron chi connectivity index (χ0n) is 9.68. The van der Waals surface area contributed by atoms with Crippen LogP contribution in [-0.4, -0.2) is 30.6 Å². The Morgan fingerprint density at radius 3 is 2.76 bits per heavy atom. The number of carbonyl (C=O) groups excluding carboxylic acids is 1. The van der Waals surface area contributed by atoms with Crippen LogP contribution >= 0.6 is 0 Å². The number of hydrogen-bond donors (Lipinski definition) is 3. The van der Waals surface area contributed by atoms with Crippen LogP contribution < -0.4 is 21.6 Å². The number of hydrogen-bond acceptors (Lipinski definition) is 6. The van der Waals surface area contributed by atoms with E-state index in [9.17, 15) is 4.79 Å². The Labute approximate surface area is 99.0 Å². The van der Waals surface area contributed by atoms with E-state index in [0.29, 0.717) is 23.5 Å². The number of anilines is 1. The monoisotopic (exact) mass is 237 g/mol. The lowest BCUT2D eigenvalue weighted by Crippen LogP contribution is -2.25. The van der Waals surface area contributed by atoms with Crippen molar-refractivity contribution in [3.05, 3.63) is 24.0 Å². The number of nitrogens with zero attached hydrogens (tertiary/aromatic N) is 2. The topological polar surface area (TPSA) is 106 Å². The summed E-state index contributed by atoms with van der Waals surface area (Å²) in [5.41, 5.74) is 7.02. The van der Waals surface area contributed by atoms with Crippen molar-refractivity contribution in [3.63, 3.8) is 0 Å². The second kappa shape index (κ2) is 5.71. The first-order chi connectivity index (χ1) is 8.13. The number of amides is 1. The average molecular weight is 237 g/mol. The van der Waals surface area contributed by atoms with Crippen LogP contribution in [0.25, 0.3) is 5.70 Å². The van der Waals surface area contributed by atoms with E-state index < -0.39 is 0 Å². The minimum atomic E-state index is 0.288. The SMILES string of the molecule is COc1nc(/C(=C/N)N(C)N)ccc1NC=O. The molecule has 92 valence electrons. The number of aromatic nitrogens is 1. The minimum absolute atomic E-state index is 0.288. The molecular weight excluding hydrogens is 222 g/mol. The van der Waals surface area contributed by atoms with E-state index in [4.69, 9.17) is 16.3 Å². The van der Waals surface area contributed by atoms with E-state index in [1.165, 1.54) is 18.3 Å². The Hall–Kier alpha value is -2.28. The fourth-order valence-electron chi connectivity index (χ4n) is 1.30. The molecule has 0 aliphatic carbocycles. The standard InChI is InChI=1S/C10H15N5O2/c1-15(12)9(5-11)7-3-4-8(13-6-16)10(14-7)17-2/h3-6H,11-12H2,1-2H3,(H,13,16)/b9-5-. The fourth-order valence-corrected chi connectivity index (χ4v) is 1.30. The van der Waals surface area contributed by atoms with Crippen LogP contribution in [0.1, 0.15) is 5.69 Å². The predicted molar refractivity (Wildman–Crippen MR) is 64.6 cm³/mol. The first-order valence-corrected chi connectivity index (χ1v) is 4.80. The maximum Gasteiger partial charge on any atom is 0.238 e. The number of nitrogens with two attached hydrogens (primary N) is 2. The number of nitrogens with one attached hydrogen (secondary N) is 1. The van der Waals surface area contributed by atoms with Crippen molar-refractivity contribution in [3.8, 4) is 5.88 Å². The highest BCUT2D eigenvalue weighted by Crippen LogP contribution is 2.24. The minimum Gasteiger partial charge on any atom is -0.479 e. The molecule has 0 saturated heterocycles. The van der Waals surface area contributed by atoms with Crippen LogP contribution in [0.5, 0.6) is 5.88 Å².